The van der Waals surface area contributed by atoms with E-state index in [0.29, 0.717) is 5.69 Å². The number of nitrogens with one attached hydrogen (secondary N) is 1. The summed E-state index contributed by atoms with van der Waals surface area (Å²) in [5.74, 6) is -0.442. The van der Waals surface area contributed by atoms with Gasteiger partial charge in [-0.2, -0.15) is 4.31 Å². The predicted molar refractivity (Wildman–Crippen MR) is 91.3 cm³/mol. The first-order valence-electron chi connectivity index (χ1n) is 6.57. The summed E-state index contributed by atoms with van der Waals surface area (Å²) in [6.07, 6.45) is 0. The summed E-state index contributed by atoms with van der Waals surface area (Å²) in [4.78, 5) is 11.9. The Balaban J connectivity index is 2.10. The van der Waals surface area contributed by atoms with Crippen molar-refractivity contribution in [2.75, 3.05) is 18.9 Å². The lowest BCUT2D eigenvalue weighted by atomic mass is 10.3. The number of sulfonamides is 1. The summed E-state index contributed by atoms with van der Waals surface area (Å²) in [7, 11) is -2.51. The Kier molecular flexibility index (Phi) is 5.64. The zero-order chi connectivity index (χ0) is 17.0. The molecule has 0 aliphatic carbocycles. The van der Waals surface area contributed by atoms with Crippen molar-refractivity contribution in [2.45, 2.75) is 4.90 Å². The third-order valence-corrected chi connectivity index (χ3v) is 5.56. The standard InChI is InChI=1S/C15H14Cl2N2O3S/c1-19(10-15(20)18-11-5-3-2-4-6-11)23(21,22)12-7-8-13(16)14(17)9-12/h2-9H,10H2,1H3,(H,18,20). The number of halogens is 2. The van der Waals surface area contributed by atoms with Crippen LogP contribution in [0.2, 0.25) is 10.0 Å². The van der Waals surface area contributed by atoms with Gasteiger partial charge in [-0.1, -0.05) is 41.4 Å². The molecular formula is C15H14Cl2N2O3S. The summed E-state index contributed by atoms with van der Waals surface area (Å²) in [6.45, 7) is -0.322. The largest absolute Gasteiger partial charge is 0.325 e. The Labute approximate surface area is 144 Å². The van der Waals surface area contributed by atoms with E-state index >= 15 is 0 Å². The van der Waals surface area contributed by atoms with E-state index in [4.69, 9.17) is 23.2 Å². The Morgan fingerprint density at radius 3 is 2.35 bits per heavy atom. The summed E-state index contributed by atoms with van der Waals surface area (Å²) < 4.78 is 25.8. The average Bonchev–Trinajstić information content (AvgIpc) is 2.50. The van der Waals surface area contributed by atoms with Crippen molar-refractivity contribution >= 4 is 44.8 Å². The molecule has 2 rings (SSSR count). The number of hydrogen-bond donors (Lipinski definition) is 1. The number of hydrogen-bond acceptors (Lipinski definition) is 3. The smallest absolute Gasteiger partial charge is 0.243 e. The van der Waals surface area contributed by atoms with Gasteiger partial charge in [0.25, 0.3) is 0 Å². The molecule has 1 N–H and O–H groups in total. The summed E-state index contributed by atoms with van der Waals surface area (Å²) >= 11 is 11.6. The van der Waals surface area contributed by atoms with Crippen LogP contribution in [0.5, 0.6) is 0 Å². The molecule has 0 heterocycles. The van der Waals surface area contributed by atoms with Gasteiger partial charge in [0.05, 0.1) is 21.5 Å². The van der Waals surface area contributed by atoms with E-state index in [9.17, 15) is 13.2 Å². The van der Waals surface area contributed by atoms with Crippen molar-refractivity contribution in [1.82, 2.24) is 4.31 Å². The fraction of sp³-hybridized carbons (Fsp3) is 0.133. The molecule has 8 heteroatoms. The molecule has 0 atom stereocenters. The molecule has 2 aromatic rings. The predicted octanol–water partition coefficient (Wildman–Crippen LogP) is 3.25. The minimum Gasteiger partial charge on any atom is -0.325 e. The van der Waals surface area contributed by atoms with Gasteiger partial charge in [-0.3, -0.25) is 4.79 Å². The van der Waals surface area contributed by atoms with Crippen LogP contribution in [0.15, 0.2) is 53.4 Å². The molecule has 0 saturated carbocycles. The van der Waals surface area contributed by atoms with Crippen LogP contribution >= 0.6 is 23.2 Å². The fourth-order valence-electron chi connectivity index (χ4n) is 1.83. The molecule has 0 fully saturated rings. The molecule has 1 amide bonds. The van der Waals surface area contributed by atoms with Crippen molar-refractivity contribution in [3.63, 3.8) is 0 Å². The van der Waals surface area contributed by atoms with Crippen LogP contribution < -0.4 is 5.32 Å². The maximum Gasteiger partial charge on any atom is 0.243 e. The third-order valence-electron chi connectivity index (χ3n) is 3.02. The van der Waals surface area contributed by atoms with Crippen molar-refractivity contribution < 1.29 is 13.2 Å². The van der Waals surface area contributed by atoms with Crippen LogP contribution in [-0.2, 0) is 14.8 Å². The lowest BCUT2D eigenvalue weighted by Gasteiger charge is -2.17. The average molecular weight is 373 g/mol. The van der Waals surface area contributed by atoms with Crippen LogP contribution in [-0.4, -0.2) is 32.2 Å². The first-order chi connectivity index (χ1) is 10.8. The molecule has 0 saturated heterocycles. The summed E-state index contributed by atoms with van der Waals surface area (Å²) in [5.41, 5.74) is 0.595. The quantitative estimate of drug-likeness (QED) is 0.875. The number of rotatable bonds is 5. The van der Waals surface area contributed by atoms with Gasteiger partial charge >= 0.3 is 0 Å². The lowest BCUT2D eigenvalue weighted by molar-refractivity contribution is -0.116. The fourth-order valence-corrected chi connectivity index (χ4v) is 3.34. The second-order valence-electron chi connectivity index (χ2n) is 4.75. The van der Waals surface area contributed by atoms with Gasteiger partial charge in [0.15, 0.2) is 0 Å². The summed E-state index contributed by atoms with van der Waals surface area (Å²) in [5, 5.41) is 3.02. The topological polar surface area (TPSA) is 66.5 Å². The Morgan fingerprint density at radius 1 is 1.09 bits per heavy atom. The highest BCUT2D eigenvalue weighted by atomic mass is 35.5. The molecule has 0 bridgehead atoms. The van der Waals surface area contributed by atoms with Crippen LogP contribution in [0.1, 0.15) is 0 Å². The van der Waals surface area contributed by atoms with Crippen LogP contribution in [0.3, 0.4) is 0 Å². The van der Waals surface area contributed by atoms with Crippen LogP contribution in [0.25, 0.3) is 0 Å². The monoisotopic (exact) mass is 372 g/mol. The molecule has 122 valence electrons. The van der Waals surface area contributed by atoms with E-state index in [1.54, 1.807) is 24.3 Å². The highest BCUT2D eigenvalue weighted by Crippen LogP contribution is 2.26. The normalized spacial score (nSPS) is 11.5. The van der Waals surface area contributed by atoms with Gasteiger partial charge in [0.1, 0.15) is 0 Å². The van der Waals surface area contributed by atoms with E-state index in [0.717, 1.165) is 4.31 Å². The number of carbonyl (C=O) groups is 1. The van der Waals surface area contributed by atoms with Gasteiger partial charge in [-0.15, -0.1) is 0 Å². The zero-order valence-electron chi connectivity index (χ0n) is 12.2. The highest BCUT2D eigenvalue weighted by Gasteiger charge is 2.23. The molecule has 5 nitrogen and oxygen atoms in total. The van der Waals surface area contributed by atoms with E-state index < -0.39 is 15.9 Å². The van der Waals surface area contributed by atoms with Gasteiger partial charge in [-0.25, -0.2) is 8.42 Å². The first-order valence-corrected chi connectivity index (χ1v) is 8.76. The number of nitrogens with zero attached hydrogens (tertiary/aromatic N) is 1. The minimum absolute atomic E-state index is 0.0260. The molecule has 0 aliphatic rings. The molecule has 23 heavy (non-hydrogen) atoms. The first kappa shape index (κ1) is 17.7. The molecule has 0 spiro atoms. The third kappa shape index (κ3) is 4.45. The number of carbonyl (C=O) groups excluding carboxylic acids is 1. The van der Waals surface area contributed by atoms with Crippen LogP contribution in [0.4, 0.5) is 5.69 Å². The van der Waals surface area contributed by atoms with Crippen LogP contribution in [0, 0.1) is 0 Å². The van der Waals surface area contributed by atoms with Gasteiger partial charge < -0.3 is 5.32 Å². The van der Waals surface area contributed by atoms with E-state index in [1.165, 1.54) is 25.2 Å². The number of likely N-dealkylation sites (N-methyl/N-ethyl adjacent to an activating group) is 1. The summed E-state index contributed by atoms with van der Waals surface area (Å²) in [6, 6.07) is 12.8. The number of anilines is 1. The molecule has 0 aromatic heterocycles. The van der Waals surface area contributed by atoms with E-state index in [-0.39, 0.29) is 21.5 Å². The van der Waals surface area contributed by atoms with E-state index in [1.807, 2.05) is 6.07 Å². The SMILES string of the molecule is CN(CC(=O)Nc1ccccc1)S(=O)(=O)c1ccc(Cl)c(Cl)c1. The van der Waals surface area contributed by atoms with Crippen molar-refractivity contribution in [3.05, 3.63) is 58.6 Å². The molecule has 0 unspecified atom stereocenters. The maximum atomic E-state index is 12.4. The molecule has 2 aromatic carbocycles. The second kappa shape index (κ2) is 7.31. The van der Waals surface area contributed by atoms with Gasteiger partial charge in [0.2, 0.25) is 15.9 Å². The highest BCUT2D eigenvalue weighted by molar-refractivity contribution is 7.89. The maximum absolute atomic E-state index is 12.4. The lowest BCUT2D eigenvalue weighted by Crippen LogP contribution is -2.34. The number of para-hydroxylation sites is 1. The minimum atomic E-state index is -3.84. The van der Waals surface area contributed by atoms with Gasteiger partial charge in [0, 0.05) is 12.7 Å². The Morgan fingerprint density at radius 2 is 1.74 bits per heavy atom. The Bertz CT molecular complexity index is 811. The molecule has 0 aliphatic heterocycles. The van der Waals surface area contributed by atoms with Crippen molar-refractivity contribution in [3.8, 4) is 0 Å². The molecular weight excluding hydrogens is 359 g/mol. The van der Waals surface area contributed by atoms with Crippen molar-refractivity contribution in [2.24, 2.45) is 0 Å². The van der Waals surface area contributed by atoms with Crippen molar-refractivity contribution in [1.29, 1.82) is 0 Å². The zero-order valence-corrected chi connectivity index (χ0v) is 14.5. The number of benzene rings is 2. The number of amides is 1. The Hall–Kier alpha value is -1.60. The van der Waals surface area contributed by atoms with Gasteiger partial charge in [-0.05, 0) is 30.3 Å². The molecule has 0 radical (unpaired) electrons. The van der Waals surface area contributed by atoms with E-state index in [2.05, 4.69) is 5.32 Å². The second-order valence-corrected chi connectivity index (χ2v) is 7.61.